The van der Waals surface area contributed by atoms with E-state index in [1.165, 1.54) is 0 Å². The summed E-state index contributed by atoms with van der Waals surface area (Å²) in [7, 11) is 0. The zero-order valence-electron chi connectivity index (χ0n) is 14.6. The zero-order chi connectivity index (χ0) is 18.3. The van der Waals surface area contributed by atoms with E-state index in [1.807, 2.05) is 35.2 Å². The van der Waals surface area contributed by atoms with Crippen LogP contribution in [0.1, 0.15) is 42.2 Å². The highest BCUT2D eigenvalue weighted by Crippen LogP contribution is 2.42. The van der Waals surface area contributed by atoms with Gasteiger partial charge in [0.25, 0.3) is 5.91 Å². The molecular weight excluding hydrogens is 334 g/mol. The minimum Gasteiger partial charge on any atom is -0.379 e. The molecule has 1 aromatic heterocycles. The molecule has 4 rings (SSSR count). The third-order valence-corrected chi connectivity index (χ3v) is 5.66. The van der Waals surface area contributed by atoms with Crippen LogP contribution >= 0.6 is 0 Å². The molecular formula is C18H21N5O3. The van der Waals surface area contributed by atoms with Crippen LogP contribution in [0.5, 0.6) is 0 Å². The predicted octanol–water partition coefficient (Wildman–Crippen LogP) is 1.45. The van der Waals surface area contributed by atoms with Crippen molar-refractivity contribution in [3.8, 4) is 0 Å². The van der Waals surface area contributed by atoms with Gasteiger partial charge in [0.15, 0.2) is 0 Å². The molecule has 0 spiro atoms. The topological polar surface area (TPSA) is 106 Å². The summed E-state index contributed by atoms with van der Waals surface area (Å²) in [5, 5.41) is 7.13. The van der Waals surface area contributed by atoms with E-state index in [0.29, 0.717) is 32.4 Å². The fourth-order valence-corrected chi connectivity index (χ4v) is 4.22. The van der Waals surface area contributed by atoms with Gasteiger partial charge in [-0.2, -0.15) is 0 Å². The van der Waals surface area contributed by atoms with Crippen molar-refractivity contribution in [1.29, 1.82) is 0 Å². The number of likely N-dealkylation sites (tertiary alicyclic amines) is 2. The second-order valence-electron chi connectivity index (χ2n) is 7.12. The molecule has 2 aliphatic rings. The van der Waals surface area contributed by atoms with Crippen LogP contribution in [-0.2, 0) is 11.3 Å². The van der Waals surface area contributed by atoms with Gasteiger partial charge in [-0.15, -0.1) is 0 Å². The second kappa shape index (κ2) is 6.12. The van der Waals surface area contributed by atoms with Crippen molar-refractivity contribution in [3.05, 3.63) is 41.6 Å². The molecule has 26 heavy (non-hydrogen) atoms. The molecule has 1 aromatic carbocycles. The van der Waals surface area contributed by atoms with Gasteiger partial charge in [0.2, 0.25) is 17.4 Å². The molecule has 2 aromatic rings. The summed E-state index contributed by atoms with van der Waals surface area (Å²) in [4.78, 5) is 29.2. The van der Waals surface area contributed by atoms with Crippen LogP contribution in [0.15, 0.2) is 35.0 Å². The molecule has 2 atom stereocenters. The Bertz CT molecular complexity index is 836. The van der Waals surface area contributed by atoms with Crippen molar-refractivity contribution >= 4 is 17.6 Å². The van der Waals surface area contributed by atoms with Crippen LogP contribution in [0.3, 0.4) is 0 Å². The Labute approximate surface area is 150 Å². The van der Waals surface area contributed by atoms with Crippen LogP contribution in [0, 0.1) is 0 Å². The lowest BCUT2D eigenvalue weighted by molar-refractivity contribution is -0.144. The lowest BCUT2D eigenvalue weighted by Crippen LogP contribution is -2.60. The lowest BCUT2D eigenvalue weighted by atomic mass is 9.83. The summed E-state index contributed by atoms with van der Waals surface area (Å²) in [6.45, 7) is 3.16. The number of fused-ring (bicyclic) bond motifs is 1. The third kappa shape index (κ3) is 2.53. The summed E-state index contributed by atoms with van der Waals surface area (Å²) in [6, 6.07) is 9.84. The summed E-state index contributed by atoms with van der Waals surface area (Å²) in [5.41, 5.74) is 6.40. The number of nitrogens with zero attached hydrogens (tertiary/aromatic N) is 4. The quantitative estimate of drug-likeness (QED) is 0.893. The highest BCUT2D eigenvalue weighted by molar-refractivity contribution is 5.96. The number of nitrogen functional groups attached to an aromatic ring is 1. The number of anilines is 1. The molecule has 8 heteroatoms. The van der Waals surface area contributed by atoms with E-state index < -0.39 is 5.54 Å². The molecule has 8 nitrogen and oxygen atoms in total. The van der Waals surface area contributed by atoms with Gasteiger partial charge in [-0.1, -0.05) is 30.3 Å². The average Bonchev–Trinajstić information content (AvgIpc) is 3.22. The van der Waals surface area contributed by atoms with E-state index in [0.717, 1.165) is 5.56 Å². The molecule has 2 amide bonds. The smallest absolute Gasteiger partial charge is 0.280 e. The number of rotatable bonds is 3. The van der Waals surface area contributed by atoms with Gasteiger partial charge in [-0.05, 0) is 35.6 Å². The van der Waals surface area contributed by atoms with Gasteiger partial charge in [0.1, 0.15) is 0 Å². The first kappa shape index (κ1) is 16.6. The van der Waals surface area contributed by atoms with Crippen LogP contribution in [0.4, 0.5) is 5.82 Å². The van der Waals surface area contributed by atoms with E-state index in [1.54, 1.807) is 4.90 Å². The summed E-state index contributed by atoms with van der Waals surface area (Å²) < 4.78 is 4.57. The van der Waals surface area contributed by atoms with Crippen LogP contribution < -0.4 is 5.73 Å². The number of nitrogens with two attached hydrogens (primary N) is 1. The van der Waals surface area contributed by atoms with Crippen LogP contribution in [-0.4, -0.2) is 50.1 Å². The Kier molecular flexibility index (Phi) is 3.90. The number of carbonyl (C=O) groups excluding carboxylic acids is 2. The third-order valence-electron chi connectivity index (χ3n) is 5.66. The SMILES string of the molecule is C[C@]12CCN(C(=O)c3nonc3N)[C@H]1CCC(=O)N2Cc1ccccc1. The minimum atomic E-state index is -0.410. The number of aromatic nitrogens is 2. The first-order valence-corrected chi connectivity index (χ1v) is 8.74. The van der Waals surface area contributed by atoms with Gasteiger partial charge in [0, 0.05) is 19.5 Å². The fraction of sp³-hybridized carbons (Fsp3) is 0.444. The number of hydrogen-bond donors (Lipinski definition) is 1. The van der Waals surface area contributed by atoms with E-state index in [-0.39, 0.29) is 29.4 Å². The second-order valence-corrected chi connectivity index (χ2v) is 7.12. The number of carbonyl (C=O) groups is 2. The average molecular weight is 355 g/mol. The molecule has 0 bridgehead atoms. The Morgan fingerprint density at radius 3 is 2.81 bits per heavy atom. The molecule has 3 heterocycles. The molecule has 0 unspecified atom stereocenters. The van der Waals surface area contributed by atoms with E-state index in [2.05, 4.69) is 21.9 Å². The number of piperidine rings is 1. The van der Waals surface area contributed by atoms with Crippen molar-refractivity contribution in [2.75, 3.05) is 12.3 Å². The highest BCUT2D eigenvalue weighted by atomic mass is 16.6. The summed E-state index contributed by atoms with van der Waals surface area (Å²) in [6.07, 6.45) is 1.77. The monoisotopic (exact) mass is 355 g/mol. The maximum Gasteiger partial charge on any atom is 0.280 e. The normalized spacial score (nSPS) is 25.4. The molecule has 0 radical (unpaired) electrons. The molecule has 0 aliphatic carbocycles. The van der Waals surface area contributed by atoms with Gasteiger partial charge in [-0.3, -0.25) is 9.59 Å². The molecule has 2 saturated heterocycles. The van der Waals surface area contributed by atoms with Gasteiger partial charge in [0.05, 0.1) is 11.6 Å². The van der Waals surface area contributed by atoms with Gasteiger partial charge < -0.3 is 15.5 Å². The molecule has 0 saturated carbocycles. The van der Waals surface area contributed by atoms with Gasteiger partial charge >= 0.3 is 0 Å². The zero-order valence-corrected chi connectivity index (χ0v) is 14.6. The van der Waals surface area contributed by atoms with Crippen molar-refractivity contribution in [3.63, 3.8) is 0 Å². The van der Waals surface area contributed by atoms with Crippen molar-refractivity contribution in [2.45, 2.75) is 44.3 Å². The van der Waals surface area contributed by atoms with E-state index in [4.69, 9.17) is 5.73 Å². The number of benzene rings is 1. The number of amides is 2. The first-order valence-electron chi connectivity index (χ1n) is 8.74. The van der Waals surface area contributed by atoms with E-state index in [9.17, 15) is 9.59 Å². The first-order chi connectivity index (χ1) is 12.5. The van der Waals surface area contributed by atoms with E-state index >= 15 is 0 Å². The Morgan fingerprint density at radius 2 is 2.12 bits per heavy atom. The molecule has 2 N–H and O–H groups in total. The number of hydrogen-bond acceptors (Lipinski definition) is 6. The maximum atomic E-state index is 12.9. The van der Waals surface area contributed by atoms with Crippen molar-refractivity contribution in [1.82, 2.24) is 20.1 Å². The lowest BCUT2D eigenvalue weighted by Gasteiger charge is -2.47. The van der Waals surface area contributed by atoms with Crippen LogP contribution in [0.2, 0.25) is 0 Å². The van der Waals surface area contributed by atoms with Crippen molar-refractivity contribution < 1.29 is 14.2 Å². The Morgan fingerprint density at radius 1 is 1.35 bits per heavy atom. The Balaban J connectivity index is 1.61. The maximum absolute atomic E-state index is 12.9. The summed E-state index contributed by atoms with van der Waals surface area (Å²) in [5.74, 6) is -0.160. The van der Waals surface area contributed by atoms with Crippen molar-refractivity contribution in [2.24, 2.45) is 0 Å². The standard InChI is InChI=1S/C18H21N5O3/c1-18-9-10-22(17(25)15-16(19)21-26-20-15)13(18)7-8-14(24)23(18)11-12-5-3-2-4-6-12/h2-6,13H,7-11H2,1H3,(H2,19,21)/t13-,18-/m0/s1. The van der Waals surface area contributed by atoms with Gasteiger partial charge in [-0.25, -0.2) is 4.63 Å². The highest BCUT2D eigenvalue weighted by Gasteiger charge is 2.53. The molecule has 136 valence electrons. The van der Waals surface area contributed by atoms with Crippen LogP contribution in [0.25, 0.3) is 0 Å². The molecule has 2 aliphatic heterocycles. The predicted molar refractivity (Wildman–Crippen MR) is 92.8 cm³/mol. The largest absolute Gasteiger partial charge is 0.379 e. The molecule has 2 fully saturated rings. The Hall–Kier alpha value is -2.90. The summed E-state index contributed by atoms with van der Waals surface area (Å²) >= 11 is 0. The minimum absolute atomic E-state index is 0.00312. The fourth-order valence-electron chi connectivity index (χ4n) is 4.22.